The summed E-state index contributed by atoms with van der Waals surface area (Å²) in [5.41, 5.74) is 16.0. The van der Waals surface area contributed by atoms with Gasteiger partial charge in [-0.1, -0.05) is 39.5 Å². The molecule has 2 heterocycles. The molecule has 6 nitrogen and oxygen atoms in total. The van der Waals surface area contributed by atoms with Gasteiger partial charge in [-0.15, -0.1) is 11.3 Å². The van der Waals surface area contributed by atoms with Crippen molar-refractivity contribution in [3.8, 4) is 0 Å². The molecule has 33 heavy (non-hydrogen) atoms. The monoisotopic (exact) mass is 461 g/mol. The Labute approximate surface area is 199 Å². The highest BCUT2D eigenvalue weighted by Gasteiger charge is 2.26. The van der Waals surface area contributed by atoms with Gasteiger partial charge >= 0.3 is 0 Å². The van der Waals surface area contributed by atoms with Crippen molar-refractivity contribution < 1.29 is 4.79 Å². The zero-order valence-corrected chi connectivity index (χ0v) is 20.2. The summed E-state index contributed by atoms with van der Waals surface area (Å²) < 4.78 is 0.979. The first-order chi connectivity index (χ1) is 15.6. The molecular weight excluding hydrogens is 430 g/mol. The van der Waals surface area contributed by atoms with Gasteiger partial charge in [-0.25, -0.2) is 4.99 Å². The molecule has 1 aliphatic heterocycles. The highest BCUT2D eigenvalue weighted by atomic mass is 32.1. The van der Waals surface area contributed by atoms with Crippen LogP contribution >= 0.6 is 11.3 Å². The van der Waals surface area contributed by atoms with E-state index >= 15 is 0 Å². The highest BCUT2D eigenvalue weighted by Crippen LogP contribution is 2.33. The van der Waals surface area contributed by atoms with E-state index in [0.717, 1.165) is 27.8 Å². The quantitative estimate of drug-likeness (QED) is 0.370. The number of rotatable bonds is 5. The molecule has 0 bridgehead atoms. The van der Waals surface area contributed by atoms with Gasteiger partial charge in [-0.05, 0) is 47.7 Å². The second-order valence-corrected chi connectivity index (χ2v) is 10.6. The summed E-state index contributed by atoms with van der Waals surface area (Å²) in [5, 5.41) is 4.11. The second-order valence-electron chi connectivity index (χ2n) is 9.55. The molecule has 1 saturated heterocycles. The Kier molecular flexibility index (Phi) is 6.28. The number of benzene rings is 2. The predicted molar refractivity (Wildman–Crippen MR) is 140 cm³/mol. The van der Waals surface area contributed by atoms with Crippen molar-refractivity contribution in [1.82, 2.24) is 4.90 Å². The minimum atomic E-state index is 0.0221. The zero-order chi connectivity index (χ0) is 23.8. The number of carbonyl (C=O) groups excluding carboxylic acids is 1. The fraction of sp³-hybridized carbons (Fsp3) is 0.308. The van der Waals surface area contributed by atoms with Gasteiger partial charge in [0.25, 0.3) is 5.91 Å². The lowest BCUT2D eigenvalue weighted by Crippen LogP contribution is -2.31. The van der Waals surface area contributed by atoms with E-state index in [2.05, 4.69) is 49.8 Å². The zero-order valence-electron chi connectivity index (χ0n) is 19.4. The number of hydrogen-bond donors (Lipinski definition) is 3. The van der Waals surface area contributed by atoms with Crippen LogP contribution in [0.4, 0.5) is 11.4 Å². The number of nitrogen functional groups attached to an aromatic ring is 1. The summed E-state index contributed by atoms with van der Waals surface area (Å²) in [4.78, 5) is 19.8. The van der Waals surface area contributed by atoms with Gasteiger partial charge in [0.15, 0.2) is 0 Å². The molecule has 1 aliphatic rings. The average molecular weight is 462 g/mol. The molecule has 0 radical (unpaired) electrons. The molecule has 0 saturated carbocycles. The van der Waals surface area contributed by atoms with Crippen molar-refractivity contribution in [3.05, 3.63) is 70.9 Å². The standard InChI is InChI=1S/C26H31N5OS/c1-16(30-20-7-5-6-18(12-20)26(2,3)4)29-14-17-8-9-22-21(24(17)28)13-23(33-22)25(32)31-11-10-19(27)15-31/h5-9,12-14,19,30H,1,10-11,15,27-28H2,2-4H3/b29-14-/t19-/m0/s1. The van der Waals surface area contributed by atoms with Crippen LogP contribution in [0.15, 0.2) is 59.9 Å². The smallest absolute Gasteiger partial charge is 0.264 e. The van der Waals surface area contributed by atoms with Crippen LogP contribution in [0.3, 0.4) is 0 Å². The van der Waals surface area contributed by atoms with Crippen molar-refractivity contribution in [2.75, 3.05) is 24.1 Å². The van der Waals surface area contributed by atoms with Gasteiger partial charge in [0.1, 0.15) is 5.82 Å². The van der Waals surface area contributed by atoms with Crippen LogP contribution in [-0.4, -0.2) is 36.2 Å². The number of fused-ring (bicyclic) bond motifs is 1. The van der Waals surface area contributed by atoms with E-state index in [4.69, 9.17) is 11.5 Å². The van der Waals surface area contributed by atoms with Gasteiger partial charge in [0.2, 0.25) is 0 Å². The SMILES string of the molecule is C=C(/N=C\c1ccc2sc(C(=O)N3CC[C@H](N)C3)cc2c1N)Nc1cccc(C(C)(C)C)c1. The van der Waals surface area contributed by atoms with Gasteiger partial charge in [-0.2, -0.15) is 0 Å². The molecule has 4 rings (SSSR count). The van der Waals surface area contributed by atoms with Gasteiger partial charge < -0.3 is 21.7 Å². The van der Waals surface area contributed by atoms with E-state index < -0.39 is 0 Å². The highest BCUT2D eigenvalue weighted by molar-refractivity contribution is 7.20. The third-order valence-electron chi connectivity index (χ3n) is 5.88. The summed E-state index contributed by atoms with van der Waals surface area (Å²) in [6.07, 6.45) is 2.55. The Morgan fingerprint density at radius 1 is 1.27 bits per heavy atom. The van der Waals surface area contributed by atoms with Gasteiger partial charge in [-0.3, -0.25) is 4.79 Å². The Morgan fingerprint density at radius 3 is 2.76 bits per heavy atom. The maximum absolute atomic E-state index is 12.8. The van der Waals surface area contributed by atoms with Crippen LogP contribution in [0.25, 0.3) is 10.1 Å². The van der Waals surface area contributed by atoms with E-state index in [0.29, 0.717) is 29.5 Å². The minimum absolute atomic E-state index is 0.0221. The van der Waals surface area contributed by atoms with Crippen LogP contribution in [0.1, 0.15) is 48.0 Å². The maximum Gasteiger partial charge on any atom is 0.264 e. The number of aliphatic imine (C=N–C) groups is 1. The van der Waals surface area contributed by atoms with Crippen molar-refractivity contribution >= 4 is 44.9 Å². The molecule has 0 aliphatic carbocycles. The third kappa shape index (κ3) is 5.10. The number of thiophene rings is 1. The van der Waals surface area contributed by atoms with E-state index in [1.54, 1.807) is 6.21 Å². The molecule has 2 aromatic carbocycles. The molecule has 1 amide bonds. The van der Waals surface area contributed by atoms with E-state index in [-0.39, 0.29) is 17.4 Å². The lowest BCUT2D eigenvalue weighted by atomic mass is 9.87. The van der Waals surface area contributed by atoms with Gasteiger partial charge in [0, 0.05) is 52.4 Å². The number of anilines is 2. The molecule has 5 N–H and O–H groups in total. The van der Waals surface area contributed by atoms with Gasteiger partial charge in [0.05, 0.1) is 4.88 Å². The Hall–Kier alpha value is -3.16. The molecule has 1 aromatic heterocycles. The molecule has 0 spiro atoms. The minimum Gasteiger partial charge on any atom is -0.398 e. The number of nitrogens with zero attached hydrogens (tertiary/aromatic N) is 2. The first-order valence-corrected chi connectivity index (χ1v) is 11.9. The normalized spacial score (nSPS) is 16.6. The van der Waals surface area contributed by atoms with Crippen LogP contribution in [0, 0.1) is 0 Å². The first-order valence-electron chi connectivity index (χ1n) is 11.1. The van der Waals surface area contributed by atoms with E-state index in [1.807, 2.05) is 35.2 Å². The molecule has 172 valence electrons. The number of carbonyl (C=O) groups is 1. The molecular formula is C26H31N5OS. The lowest BCUT2D eigenvalue weighted by molar-refractivity contribution is 0.0795. The predicted octanol–water partition coefficient (Wildman–Crippen LogP) is 4.96. The Bertz CT molecular complexity index is 1240. The number of nitrogens with two attached hydrogens (primary N) is 2. The molecule has 7 heteroatoms. The third-order valence-corrected chi connectivity index (χ3v) is 6.96. The van der Waals surface area contributed by atoms with E-state index in [9.17, 15) is 4.79 Å². The Morgan fingerprint density at radius 2 is 2.06 bits per heavy atom. The van der Waals surface area contributed by atoms with Crippen molar-refractivity contribution in [2.24, 2.45) is 10.7 Å². The lowest BCUT2D eigenvalue weighted by Gasteiger charge is -2.20. The fourth-order valence-corrected chi connectivity index (χ4v) is 4.95. The largest absolute Gasteiger partial charge is 0.398 e. The van der Waals surface area contributed by atoms with Crippen LogP contribution in [-0.2, 0) is 5.41 Å². The van der Waals surface area contributed by atoms with Crippen molar-refractivity contribution in [1.29, 1.82) is 0 Å². The maximum atomic E-state index is 12.8. The number of hydrogen-bond acceptors (Lipinski definition) is 6. The molecule has 1 fully saturated rings. The van der Waals surface area contributed by atoms with Crippen LogP contribution < -0.4 is 16.8 Å². The summed E-state index contributed by atoms with van der Waals surface area (Å²) in [6, 6.07) is 14.1. The number of nitrogens with one attached hydrogen (secondary N) is 1. The Balaban J connectivity index is 1.50. The average Bonchev–Trinajstić information content (AvgIpc) is 3.39. The van der Waals surface area contributed by atoms with Crippen molar-refractivity contribution in [3.63, 3.8) is 0 Å². The summed E-state index contributed by atoms with van der Waals surface area (Å²) in [7, 11) is 0. The van der Waals surface area contributed by atoms with E-state index in [1.165, 1.54) is 16.9 Å². The number of likely N-dealkylation sites (tertiary alicyclic amines) is 1. The molecule has 3 aromatic rings. The summed E-state index contributed by atoms with van der Waals surface area (Å²) in [6.45, 7) is 11.9. The van der Waals surface area contributed by atoms with Crippen LogP contribution in [0.2, 0.25) is 0 Å². The number of amides is 1. The second kappa shape index (κ2) is 9.00. The summed E-state index contributed by atoms with van der Waals surface area (Å²) in [5.74, 6) is 0.543. The van der Waals surface area contributed by atoms with Crippen molar-refractivity contribution in [2.45, 2.75) is 38.6 Å². The first kappa shape index (κ1) is 23.0. The molecule has 0 unspecified atom stereocenters. The topological polar surface area (TPSA) is 96.7 Å². The fourth-order valence-electron chi connectivity index (χ4n) is 3.91. The molecule has 1 atom stereocenters. The van der Waals surface area contributed by atoms with Crippen LogP contribution in [0.5, 0.6) is 0 Å². The summed E-state index contributed by atoms with van der Waals surface area (Å²) >= 11 is 1.46.